The molecular formula is C24H37N4O2P. The number of rotatable bonds is 5. The molecule has 0 bridgehead atoms. The van der Waals surface area contributed by atoms with Gasteiger partial charge in [0.2, 0.25) is 6.41 Å². The molecule has 31 heavy (non-hydrogen) atoms. The van der Waals surface area contributed by atoms with Crippen LogP contribution in [0, 0.1) is 5.92 Å². The van der Waals surface area contributed by atoms with Gasteiger partial charge in [0.05, 0.1) is 6.20 Å². The maximum atomic E-state index is 11.0. The summed E-state index contributed by atoms with van der Waals surface area (Å²) in [4.78, 5) is 20.1. The van der Waals surface area contributed by atoms with Crippen LogP contribution >= 0.6 is 8.73 Å². The highest BCUT2D eigenvalue weighted by atomic mass is 31.1. The van der Waals surface area contributed by atoms with Gasteiger partial charge in [-0.1, -0.05) is 40.8 Å². The average Bonchev–Trinajstić information content (AvgIpc) is 2.84. The van der Waals surface area contributed by atoms with Crippen molar-refractivity contribution >= 4 is 21.0 Å². The van der Waals surface area contributed by atoms with Crippen molar-refractivity contribution in [3.63, 3.8) is 0 Å². The van der Waals surface area contributed by atoms with Crippen molar-refractivity contribution in [1.82, 2.24) is 14.6 Å². The minimum absolute atomic E-state index is 0.0966. The quantitative estimate of drug-likeness (QED) is 0.512. The lowest BCUT2D eigenvalue weighted by atomic mass is 9.83. The Kier molecular flexibility index (Phi) is 6.66. The lowest BCUT2D eigenvalue weighted by Crippen LogP contribution is -2.49. The van der Waals surface area contributed by atoms with Crippen LogP contribution < -0.4 is 9.64 Å². The molecule has 1 saturated carbocycles. The molecule has 6 nitrogen and oxygen atoms in total. The molecule has 0 aromatic carbocycles. The van der Waals surface area contributed by atoms with Crippen molar-refractivity contribution < 1.29 is 9.53 Å². The van der Waals surface area contributed by atoms with E-state index in [0.717, 1.165) is 97.6 Å². The summed E-state index contributed by atoms with van der Waals surface area (Å²) in [5.41, 5.74) is 1.20. The number of ether oxygens (including phenoxy) is 1. The van der Waals surface area contributed by atoms with E-state index in [1.54, 1.807) is 0 Å². The number of pyridine rings is 1. The fraction of sp³-hybridized carbons (Fsp3) is 0.750. The van der Waals surface area contributed by atoms with Crippen LogP contribution in [-0.4, -0.2) is 72.0 Å². The molecule has 170 valence electrons. The summed E-state index contributed by atoms with van der Waals surface area (Å²) >= 11 is 0. The number of likely N-dealkylation sites (tertiary alicyclic amines) is 1. The maximum Gasteiger partial charge on any atom is 0.209 e. The van der Waals surface area contributed by atoms with Gasteiger partial charge in [0, 0.05) is 52.1 Å². The Morgan fingerprint density at radius 2 is 1.84 bits per heavy atom. The Morgan fingerprint density at radius 3 is 2.58 bits per heavy atom. The third-order valence-corrected chi connectivity index (χ3v) is 9.55. The Labute approximate surface area is 188 Å². The smallest absolute Gasteiger partial charge is 0.209 e. The van der Waals surface area contributed by atoms with Crippen LogP contribution in [0.25, 0.3) is 0 Å². The SMILES string of the molecule is O=CN1CCC2(CCc3cc(N4CCN(PCC5CCCCC5)CC4)ncc3O2)CC1. The minimum Gasteiger partial charge on any atom is -0.485 e. The van der Waals surface area contributed by atoms with Gasteiger partial charge in [-0.05, 0) is 36.6 Å². The van der Waals surface area contributed by atoms with Crippen LogP contribution in [-0.2, 0) is 11.2 Å². The Hall–Kier alpha value is -1.39. The van der Waals surface area contributed by atoms with Gasteiger partial charge in [-0.2, -0.15) is 0 Å². The topological polar surface area (TPSA) is 48.9 Å². The molecule has 0 radical (unpaired) electrons. The number of anilines is 1. The zero-order valence-electron chi connectivity index (χ0n) is 18.7. The molecular weight excluding hydrogens is 407 g/mol. The summed E-state index contributed by atoms with van der Waals surface area (Å²) < 4.78 is 9.15. The van der Waals surface area contributed by atoms with Crippen LogP contribution in [0.1, 0.15) is 56.9 Å². The summed E-state index contributed by atoms with van der Waals surface area (Å²) in [5.74, 6) is 3.06. The van der Waals surface area contributed by atoms with Crippen LogP contribution in [0.4, 0.5) is 5.82 Å². The Balaban J connectivity index is 1.13. The van der Waals surface area contributed by atoms with Crippen molar-refractivity contribution in [2.75, 3.05) is 50.3 Å². The number of fused-ring (bicyclic) bond motifs is 1. The van der Waals surface area contributed by atoms with Gasteiger partial charge in [-0.15, -0.1) is 0 Å². The monoisotopic (exact) mass is 444 g/mol. The fourth-order valence-electron chi connectivity index (χ4n) is 5.71. The number of piperidine rings is 1. The molecule has 2 saturated heterocycles. The zero-order valence-corrected chi connectivity index (χ0v) is 19.7. The van der Waals surface area contributed by atoms with E-state index >= 15 is 0 Å². The second kappa shape index (κ2) is 9.62. The molecule has 1 aromatic rings. The minimum atomic E-state index is -0.0966. The molecule has 1 spiro atoms. The van der Waals surface area contributed by atoms with Crippen LogP contribution in [0.15, 0.2) is 12.3 Å². The molecule has 1 unspecified atom stereocenters. The summed E-state index contributed by atoms with van der Waals surface area (Å²) in [6.07, 6.45) is 15.6. The third kappa shape index (κ3) is 5.01. The van der Waals surface area contributed by atoms with Gasteiger partial charge < -0.3 is 14.5 Å². The lowest BCUT2D eigenvalue weighted by molar-refractivity contribution is -0.121. The number of nitrogens with zero attached hydrogens (tertiary/aromatic N) is 4. The highest BCUT2D eigenvalue weighted by Crippen LogP contribution is 2.40. The Morgan fingerprint density at radius 1 is 1.06 bits per heavy atom. The first-order chi connectivity index (χ1) is 15.2. The number of hydrogen-bond acceptors (Lipinski definition) is 5. The molecule has 5 rings (SSSR count). The first-order valence-corrected chi connectivity index (χ1v) is 13.5. The summed E-state index contributed by atoms with van der Waals surface area (Å²) in [6, 6.07) is 2.27. The van der Waals surface area contributed by atoms with E-state index in [2.05, 4.69) is 15.6 Å². The van der Waals surface area contributed by atoms with Gasteiger partial charge in [-0.3, -0.25) is 9.46 Å². The molecule has 3 fully saturated rings. The van der Waals surface area contributed by atoms with Gasteiger partial charge in [0.15, 0.2) is 0 Å². The molecule has 0 N–H and O–H groups in total. The van der Waals surface area contributed by atoms with Gasteiger partial charge >= 0.3 is 0 Å². The highest BCUT2D eigenvalue weighted by Gasteiger charge is 2.39. The maximum absolute atomic E-state index is 11.0. The van der Waals surface area contributed by atoms with E-state index in [1.807, 2.05) is 11.1 Å². The largest absolute Gasteiger partial charge is 0.485 e. The van der Waals surface area contributed by atoms with Crippen LogP contribution in [0.5, 0.6) is 5.75 Å². The predicted molar refractivity (Wildman–Crippen MR) is 126 cm³/mol. The highest BCUT2D eigenvalue weighted by molar-refractivity contribution is 7.35. The molecule has 1 aromatic heterocycles. The summed E-state index contributed by atoms with van der Waals surface area (Å²) in [7, 11) is 1.00. The van der Waals surface area contributed by atoms with E-state index < -0.39 is 0 Å². The van der Waals surface area contributed by atoms with Gasteiger partial charge in [0.1, 0.15) is 17.2 Å². The van der Waals surface area contributed by atoms with E-state index in [1.165, 1.54) is 43.8 Å². The number of hydrogen-bond donors (Lipinski definition) is 0. The van der Waals surface area contributed by atoms with Gasteiger partial charge in [-0.25, -0.2) is 4.98 Å². The number of aryl methyl sites for hydroxylation is 1. The third-order valence-electron chi connectivity index (χ3n) is 7.90. The first-order valence-electron chi connectivity index (χ1n) is 12.3. The average molecular weight is 445 g/mol. The number of piperazine rings is 1. The second-order valence-electron chi connectivity index (χ2n) is 9.92. The fourth-order valence-corrected chi connectivity index (χ4v) is 7.15. The molecule has 1 aliphatic carbocycles. The van der Waals surface area contributed by atoms with Crippen molar-refractivity contribution in [1.29, 1.82) is 0 Å². The van der Waals surface area contributed by atoms with Crippen molar-refractivity contribution in [3.05, 3.63) is 17.8 Å². The van der Waals surface area contributed by atoms with E-state index in [4.69, 9.17) is 9.72 Å². The number of carbonyl (C=O) groups is 1. The molecule has 3 aliphatic heterocycles. The van der Waals surface area contributed by atoms with Crippen LogP contribution in [0.3, 0.4) is 0 Å². The molecule has 7 heteroatoms. The summed E-state index contributed by atoms with van der Waals surface area (Å²) in [5, 5.41) is 0. The van der Waals surface area contributed by atoms with Crippen molar-refractivity contribution in [2.24, 2.45) is 5.92 Å². The predicted octanol–water partition coefficient (Wildman–Crippen LogP) is 3.69. The number of aromatic nitrogens is 1. The standard InChI is InChI=1S/C24H37N4O2P/c29-19-26-10-8-24(9-11-26)7-6-21-16-23(25-17-22(21)30-24)27-12-14-28(15-13-27)31-18-20-4-2-1-3-5-20/h16-17,19-20,31H,1-15,18H2. The van der Waals surface area contributed by atoms with E-state index in [0.29, 0.717) is 0 Å². The van der Waals surface area contributed by atoms with Gasteiger partial charge in [0.25, 0.3) is 0 Å². The van der Waals surface area contributed by atoms with E-state index in [-0.39, 0.29) is 5.60 Å². The van der Waals surface area contributed by atoms with E-state index in [9.17, 15) is 4.79 Å². The van der Waals surface area contributed by atoms with Crippen LogP contribution in [0.2, 0.25) is 0 Å². The number of carbonyl (C=O) groups excluding carboxylic acids is 1. The lowest BCUT2D eigenvalue weighted by Gasteiger charge is -2.44. The second-order valence-corrected chi connectivity index (χ2v) is 11.3. The molecule has 4 aliphatic rings. The van der Waals surface area contributed by atoms with Crippen molar-refractivity contribution in [2.45, 2.75) is 63.4 Å². The summed E-state index contributed by atoms with van der Waals surface area (Å²) in [6.45, 7) is 6.09. The molecule has 1 amide bonds. The zero-order chi connectivity index (χ0) is 21.1. The first kappa shape index (κ1) is 21.5. The normalized spacial score (nSPS) is 25.0. The number of amides is 1. The molecule has 1 atom stereocenters. The molecule has 4 heterocycles. The van der Waals surface area contributed by atoms with Crippen molar-refractivity contribution in [3.8, 4) is 5.75 Å². The Bertz CT molecular complexity index is 754.